The molecule has 6 heteroatoms. The Labute approximate surface area is 216 Å². The van der Waals surface area contributed by atoms with Crippen molar-refractivity contribution in [3.8, 4) is 10.8 Å². The van der Waals surface area contributed by atoms with Crippen LogP contribution in [0.1, 0.15) is 57.3 Å². The number of thiophene rings is 1. The van der Waals surface area contributed by atoms with E-state index in [4.69, 9.17) is 4.74 Å². The van der Waals surface area contributed by atoms with Gasteiger partial charge in [-0.15, -0.1) is 11.3 Å². The maximum Gasteiger partial charge on any atom is 0.322 e. The van der Waals surface area contributed by atoms with Gasteiger partial charge in [0.1, 0.15) is 10.8 Å². The van der Waals surface area contributed by atoms with E-state index in [-0.39, 0.29) is 12.1 Å². The number of rotatable bonds is 3. The number of nitrogens with zero attached hydrogens (tertiary/aromatic N) is 2. The first-order valence-corrected chi connectivity index (χ1v) is 13.4. The Kier molecular flexibility index (Phi) is 5.84. The molecular formula is C30H31N3O2S. The molecule has 0 saturated heterocycles. The fourth-order valence-corrected chi connectivity index (χ4v) is 6.97. The highest BCUT2D eigenvalue weighted by Crippen LogP contribution is 2.44. The Morgan fingerprint density at radius 2 is 1.86 bits per heavy atom. The molecule has 1 N–H and O–H groups in total. The number of hydrogen-bond acceptors (Lipinski definition) is 3. The number of hydrogen-bond donors (Lipinski definition) is 1. The highest BCUT2D eigenvalue weighted by Gasteiger charge is 2.36. The zero-order valence-electron chi connectivity index (χ0n) is 21.0. The van der Waals surface area contributed by atoms with Crippen molar-refractivity contribution in [1.82, 2.24) is 9.47 Å². The molecule has 3 heterocycles. The van der Waals surface area contributed by atoms with Crippen LogP contribution < -0.4 is 10.1 Å². The molecule has 5 nitrogen and oxygen atoms in total. The molecule has 4 aromatic rings. The van der Waals surface area contributed by atoms with Gasteiger partial charge in [-0.1, -0.05) is 18.2 Å². The number of ether oxygens (including phenoxy) is 1. The highest BCUT2D eigenvalue weighted by atomic mass is 32.1. The molecule has 0 spiro atoms. The van der Waals surface area contributed by atoms with Crippen LogP contribution in [0.3, 0.4) is 0 Å². The molecule has 0 fully saturated rings. The molecule has 1 aliphatic heterocycles. The maximum atomic E-state index is 14.1. The van der Waals surface area contributed by atoms with Gasteiger partial charge >= 0.3 is 6.03 Å². The summed E-state index contributed by atoms with van der Waals surface area (Å²) >= 11 is 1.90. The van der Waals surface area contributed by atoms with E-state index in [0.29, 0.717) is 6.54 Å². The fraction of sp³-hybridized carbons (Fsp3) is 0.300. The number of fused-ring (bicyclic) bond motifs is 5. The van der Waals surface area contributed by atoms with E-state index in [1.807, 2.05) is 46.6 Å². The first kappa shape index (κ1) is 22.9. The van der Waals surface area contributed by atoms with Crippen molar-refractivity contribution in [2.75, 3.05) is 12.4 Å². The Balaban J connectivity index is 1.49. The quantitative estimate of drug-likeness (QED) is 0.326. The summed E-state index contributed by atoms with van der Waals surface area (Å²) in [5.41, 5.74) is 8.08. The average Bonchev–Trinajstić information content (AvgIpc) is 3.48. The normalized spacial score (nSPS) is 16.5. The van der Waals surface area contributed by atoms with E-state index in [0.717, 1.165) is 41.1 Å². The predicted molar refractivity (Wildman–Crippen MR) is 146 cm³/mol. The van der Waals surface area contributed by atoms with Crippen LogP contribution in [-0.4, -0.2) is 22.6 Å². The summed E-state index contributed by atoms with van der Waals surface area (Å²) in [7, 11) is 1.68. The van der Waals surface area contributed by atoms with Crippen molar-refractivity contribution >= 4 is 23.1 Å². The molecule has 0 bridgehead atoms. The monoisotopic (exact) mass is 497 g/mol. The van der Waals surface area contributed by atoms with Gasteiger partial charge < -0.3 is 19.5 Å². The number of amides is 2. The van der Waals surface area contributed by atoms with Crippen LogP contribution in [0.5, 0.6) is 5.75 Å². The van der Waals surface area contributed by atoms with Crippen LogP contribution in [0.4, 0.5) is 10.5 Å². The number of aryl methyl sites for hydroxylation is 3. The molecule has 0 saturated carbocycles. The lowest BCUT2D eigenvalue weighted by atomic mass is 9.95. The summed E-state index contributed by atoms with van der Waals surface area (Å²) in [4.78, 5) is 17.6. The topological polar surface area (TPSA) is 46.5 Å². The molecule has 2 aromatic carbocycles. The van der Waals surface area contributed by atoms with Crippen molar-refractivity contribution in [3.05, 3.63) is 99.2 Å². The molecule has 0 radical (unpaired) electrons. The van der Waals surface area contributed by atoms with Gasteiger partial charge in [0.15, 0.2) is 0 Å². The van der Waals surface area contributed by atoms with Gasteiger partial charge in [-0.25, -0.2) is 4.79 Å². The molecule has 2 aliphatic rings. The van der Waals surface area contributed by atoms with Gasteiger partial charge in [-0.05, 0) is 98.2 Å². The Bertz CT molecular complexity index is 1450. The van der Waals surface area contributed by atoms with Gasteiger partial charge in [-0.3, -0.25) is 0 Å². The van der Waals surface area contributed by atoms with Crippen molar-refractivity contribution in [3.63, 3.8) is 0 Å². The van der Waals surface area contributed by atoms with E-state index < -0.39 is 0 Å². The minimum absolute atomic E-state index is 0.0950. The molecule has 1 aliphatic carbocycles. The zero-order valence-corrected chi connectivity index (χ0v) is 21.8. The molecule has 2 aromatic heterocycles. The fourth-order valence-electron chi connectivity index (χ4n) is 5.56. The van der Waals surface area contributed by atoms with Crippen LogP contribution >= 0.6 is 11.3 Å². The van der Waals surface area contributed by atoms with Gasteiger partial charge in [0.05, 0.1) is 25.4 Å². The van der Waals surface area contributed by atoms with Crippen LogP contribution in [-0.2, 0) is 19.4 Å². The third kappa shape index (κ3) is 3.90. The number of carbonyl (C=O) groups is 1. The Hall–Kier alpha value is -3.51. The Morgan fingerprint density at radius 1 is 1.00 bits per heavy atom. The van der Waals surface area contributed by atoms with Crippen molar-refractivity contribution in [1.29, 1.82) is 0 Å². The average molecular weight is 498 g/mol. The number of nitrogens with one attached hydrogen (secondary N) is 1. The smallest absolute Gasteiger partial charge is 0.322 e. The van der Waals surface area contributed by atoms with Gasteiger partial charge in [-0.2, -0.15) is 0 Å². The summed E-state index contributed by atoms with van der Waals surface area (Å²) in [6.45, 7) is 4.73. The minimum Gasteiger partial charge on any atom is -0.497 e. The summed E-state index contributed by atoms with van der Waals surface area (Å²) in [6.07, 6.45) is 6.83. The second-order valence-electron chi connectivity index (χ2n) is 9.83. The van der Waals surface area contributed by atoms with Crippen LogP contribution in [0.15, 0.2) is 60.8 Å². The second kappa shape index (κ2) is 9.17. The van der Waals surface area contributed by atoms with E-state index in [9.17, 15) is 4.79 Å². The first-order chi connectivity index (χ1) is 17.5. The standard InChI is InChI=1S/C30H31N3O2S/c1-19-13-14-22(16-20(19)2)31-30(34)33-18-25-24-10-4-5-12-27(24)36-29(25)32-15-7-11-26(32)28(33)21-8-6-9-23(17-21)35-3/h6-9,11,13-17,28H,4-5,10,12,18H2,1-3H3,(H,31,34)/t28-/m0/s1. The van der Waals surface area contributed by atoms with Crippen LogP contribution in [0.2, 0.25) is 0 Å². The first-order valence-electron chi connectivity index (χ1n) is 12.6. The number of benzene rings is 2. The minimum atomic E-state index is -0.250. The summed E-state index contributed by atoms with van der Waals surface area (Å²) in [5, 5.41) is 4.47. The number of anilines is 1. The predicted octanol–water partition coefficient (Wildman–Crippen LogP) is 7.18. The molecule has 6 rings (SSSR count). The number of carbonyl (C=O) groups excluding carboxylic acids is 1. The molecule has 0 unspecified atom stereocenters. The zero-order chi connectivity index (χ0) is 24.8. The molecule has 184 valence electrons. The number of urea groups is 1. The molecular weight excluding hydrogens is 466 g/mol. The van der Waals surface area contributed by atoms with E-state index in [1.54, 1.807) is 7.11 Å². The van der Waals surface area contributed by atoms with E-state index in [2.05, 4.69) is 54.2 Å². The summed E-state index contributed by atoms with van der Waals surface area (Å²) in [6, 6.07) is 18.1. The molecule has 2 amide bonds. The van der Waals surface area contributed by atoms with Crippen molar-refractivity contribution in [2.24, 2.45) is 0 Å². The maximum absolute atomic E-state index is 14.1. The Morgan fingerprint density at radius 3 is 2.69 bits per heavy atom. The highest BCUT2D eigenvalue weighted by molar-refractivity contribution is 7.15. The van der Waals surface area contributed by atoms with Crippen molar-refractivity contribution in [2.45, 2.75) is 52.1 Å². The lowest BCUT2D eigenvalue weighted by Gasteiger charge is -2.31. The molecule has 36 heavy (non-hydrogen) atoms. The lowest BCUT2D eigenvalue weighted by molar-refractivity contribution is 0.194. The second-order valence-corrected chi connectivity index (χ2v) is 10.9. The third-order valence-corrected chi connectivity index (χ3v) is 8.94. The SMILES string of the molecule is COc1cccc([C@H]2c3cccn3-c3sc4c(c3CN2C(=O)Nc2ccc(C)c(C)c2)CCCC4)c1. The molecule has 1 atom stereocenters. The van der Waals surface area contributed by atoms with Crippen LogP contribution in [0.25, 0.3) is 5.00 Å². The number of aromatic nitrogens is 1. The number of methoxy groups -OCH3 is 1. The summed E-state index contributed by atoms with van der Waals surface area (Å²) in [5.74, 6) is 0.788. The van der Waals surface area contributed by atoms with Crippen molar-refractivity contribution < 1.29 is 9.53 Å². The summed E-state index contributed by atoms with van der Waals surface area (Å²) < 4.78 is 7.87. The lowest BCUT2D eigenvalue weighted by Crippen LogP contribution is -2.38. The van der Waals surface area contributed by atoms with Gasteiger partial charge in [0.25, 0.3) is 0 Å². The van der Waals surface area contributed by atoms with Gasteiger partial charge in [0, 0.05) is 22.3 Å². The van der Waals surface area contributed by atoms with Crippen LogP contribution in [0, 0.1) is 13.8 Å². The third-order valence-electron chi connectivity index (χ3n) is 7.61. The van der Waals surface area contributed by atoms with E-state index in [1.165, 1.54) is 39.4 Å². The van der Waals surface area contributed by atoms with E-state index >= 15 is 0 Å². The van der Waals surface area contributed by atoms with Gasteiger partial charge in [0.2, 0.25) is 0 Å². The largest absolute Gasteiger partial charge is 0.497 e.